The van der Waals surface area contributed by atoms with Gasteiger partial charge < -0.3 is 10.1 Å². The third-order valence-electron chi connectivity index (χ3n) is 2.96. The van der Waals surface area contributed by atoms with Crippen LogP contribution in [-0.2, 0) is 6.54 Å². The molecule has 0 aliphatic carbocycles. The summed E-state index contributed by atoms with van der Waals surface area (Å²) in [6, 6.07) is 11.8. The Morgan fingerprint density at radius 3 is 2.95 bits per heavy atom. The van der Waals surface area contributed by atoms with Gasteiger partial charge in [-0.3, -0.25) is 9.97 Å². The van der Waals surface area contributed by atoms with E-state index in [1.165, 1.54) is 0 Å². The lowest BCUT2D eigenvalue weighted by Crippen LogP contribution is -2.05. The third kappa shape index (κ3) is 2.75. The normalized spacial score (nSPS) is 10.7. The molecule has 0 aliphatic rings. The van der Waals surface area contributed by atoms with Crippen LogP contribution in [0, 0.1) is 0 Å². The van der Waals surface area contributed by atoms with Crippen molar-refractivity contribution in [3.63, 3.8) is 0 Å². The summed E-state index contributed by atoms with van der Waals surface area (Å²) in [5.41, 5.74) is 2.01. The number of fused-ring (bicyclic) bond motifs is 1. The lowest BCUT2D eigenvalue weighted by atomic mass is 10.2. The molecule has 0 amide bonds. The molecule has 0 atom stereocenters. The van der Waals surface area contributed by atoms with E-state index in [4.69, 9.17) is 4.74 Å². The monoisotopic (exact) mass is 265 g/mol. The molecule has 2 aromatic heterocycles. The van der Waals surface area contributed by atoms with E-state index in [-0.39, 0.29) is 0 Å². The summed E-state index contributed by atoms with van der Waals surface area (Å²) >= 11 is 0. The highest BCUT2D eigenvalue weighted by Crippen LogP contribution is 2.24. The van der Waals surface area contributed by atoms with Crippen molar-refractivity contribution < 1.29 is 4.74 Å². The molecule has 0 unspecified atom stereocenters. The number of benzene rings is 1. The SMILES string of the molecule is CNCc1cncc(Oc2ccc3cccnc3c2)c1. The van der Waals surface area contributed by atoms with Crippen LogP contribution in [0.3, 0.4) is 0 Å². The van der Waals surface area contributed by atoms with Gasteiger partial charge in [-0.1, -0.05) is 6.07 Å². The molecule has 0 radical (unpaired) electrons. The van der Waals surface area contributed by atoms with Crippen molar-refractivity contribution in [2.75, 3.05) is 7.05 Å². The smallest absolute Gasteiger partial charge is 0.146 e. The Balaban J connectivity index is 1.87. The average molecular weight is 265 g/mol. The van der Waals surface area contributed by atoms with Gasteiger partial charge in [0.1, 0.15) is 11.5 Å². The van der Waals surface area contributed by atoms with Gasteiger partial charge in [0.15, 0.2) is 0 Å². The standard InChI is InChI=1S/C16H15N3O/c1-17-9-12-7-15(11-18-10-12)20-14-5-4-13-3-2-6-19-16(13)8-14/h2-8,10-11,17H,9H2,1H3. The second kappa shape index (κ2) is 5.67. The molecule has 1 aromatic carbocycles. The van der Waals surface area contributed by atoms with Gasteiger partial charge in [-0.25, -0.2) is 0 Å². The summed E-state index contributed by atoms with van der Waals surface area (Å²) in [6.07, 6.45) is 5.31. The van der Waals surface area contributed by atoms with Crippen molar-refractivity contribution in [2.45, 2.75) is 6.54 Å². The molecule has 2 heterocycles. The van der Waals surface area contributed by atoms with Crippen molar-refractivity contribution in [1.82, 2.24) is 15.3 Å². The van der Waals surface area contributed by atoms with Crippen molar-refractivity contribution in [1.29, 1.82) is 0 Å². The Bertz CT molecular complexity index is 727. The van der Waals surface area contributed by atoms with E-state index in [2.05, 4.69) is 15.3 Å². The van der Waals surface area contributed by atoms with Crippen LogP contribution in [0.2, 0.25) is 0 Å². The molecule has 0 saturated heterocycles. The molecule has 20 heavy (non-hydrogen) atoms. The van der Waals surface area contributed by atoms with Crippen LogP contribution < -0.4 is 10.1 Å². The molecule has 3 rings (SSSR count). The summed E-state index contributed by atoms with van der Waals surface area (Å²) in [5, 5.41) is 4.19. The molecule has 1 N–H and O–H groups in total. The first-order chi connectivity index (χ1) is 9.85. The molecule has 0 saturated carbocycles. The topological polar surface area (TPSA) is 47.0 Å². The van der Waals surface area contributed by atoms with E-state index in [1.54, 1.807) is 12.4 Å². The van der Waals surface area contributed by atoms with Gasteiger partial charge in [-0.05, 0) is 36.9 Å². The van der Waals surface area contributed by atoms with Crippen LogP contribution in [0.5, 0.6) is 11.5 Å². The molecule has 0 bridgehead atoms. The minimum Gasteiger partial charge on any atom is -0.456 e. The fraction of sp³-hybridized carbons (Fsp3) is 0.125. The van der Waals surface area contributed by atoms with Crippen molar-refractivity contribution in [2.24, 2.45) is 0 Å². The van der Waals surface area contributed by atoms with E-state index in [9.17, 15) is 0 Å². The zero-order valence-corrected chi connectivity index (χ0v) is 11.2. The maximum atomic E-state index is 5.84. The van der Waals surface area contributed by atoms with Gasteiger partial charge in [-0.15, -0.1) is 0 Å². The molecular weight excluding hydrogens is 250 g/mol. The highest BCUT2D eigenvalue weighted by Gasteiger charge is 2.01. The second-order valence-electron chi connectivity index (χ2n) is 4.52. The van der Waals surface area contributed by atoms with Crippen LogP contribution in [-0.4, -0.2) is 17.0 Å². The fourth-order valence-corrected chi connectivity index (χ4v) is 2.07. The summed E-state index contributed by atoms with van der Waals surface area (Å²) in [6.45, 7) is 0.767. The van der Waals surface area contributed by atoms with E-state index in [1.807, 2.05) is 49.6 Å². The molecule has 100 valence electrons. The van der Waals surface area contributed by atoms with Gasteiger partial charge in [-0.2, -0.15) is 0 Å². The Labute approximate surface area is 117 Å². The molecule has 4 heteroatoms. The predicted molar refractivity (Wildman–Crippen MR) is 78.8 cm³/mol. The van der Waals surface area contributed by atoms with Gasteiger partial charge in [0.05, 0.1) is 11.7 Å². The van der Waals surface area contributed by atoms with E-state index < -0.39 is 0 Å². The number of aromatic nitrogens is 2. The van der Waals surface area contributed by atoms with Gasteiger partial charge in [0, 0.05) is 30.4 Å². The van der Waals surface area contributed by atoms with Crippen LogP contribution in [0.25, 0.3) is 10.9 Å². The minimum absolute atomic E-state index is 0.730. The molecule has 3 aromatic rings. The third-order valence-corrected chi connectivity index (χ3v) is 2.96. The fourth-order valence-electron chi connectivity index (χ4n) is 2.07. The molecule has 4 nitrogen and oxygen atoms in total. The maximum Gasteiger partial charge on any atom is 0.146 e. The average Bonchev–Trinajstić information content (AvgIpc) is 2.48. The first-order valence-corrected chi connectivity index (χ1v) is 6.46. The van der Waals surface area contributed by atoms with E-state index in [0.717, 1.165) is 34.5 Å². The lowest BCUT2D eigenvalue weighted by molar-refractivity contribution is 0.480. The van der Waals surface area contributed by atoms with Crippen LogP contribution in [0.4, 0.5) is 0 Å². The molecule has 0 fully saturated rings. The summed E-state index contributed by atoms with van der Waals surface area (Å²) < 4.78 is 5.84. The van der Waals surface area contributed by atoms with Crippen molar-refractivity contribution >= 4 is 10.9 Å². The lowest BCUT2D eigenvalue weighted by Gasteiger charge is -2.07. The largest absolute Gasteiger partial charge is 0.456 e. The summed E-state index contributed by atoms with van der Waals surface area (Å²) in [4.78, 5) is 8.51. The summed E-state index contributed by atoms with van der Waals surface area (Å²) in [7, 11) is 1.91. The highest BCUT2D eigenvalue weighted by atomic mass is 16.5. The summed E-state index contributed by atoms with van der Waals surface area (Å²) in [5.74, 6) is 1.49. The second-order valence-corrected chi connectivity index (χ2v) is 4.52. The first-order valence-electron chi connectivity index (χ1n) is 6.46. The highest BCUT2D eigenvalue weighted by molar-refractivity contribution is 5.79. The Morgan fingerprint density at radius 2 is 2.05 bits per heavy atom. The molecule has 0 spiro atoms. The Hall–Kier alpha value is -2.46. The Morgan fingerprint density at radius 1 is 1.10 bits per heavy atom. The molecular formula is C16H15N3O. The van der Waals surface area contributed by atoms with Gasteiger partial charge in [0.2, 0.25) is 0 Å². The number of hydrogen-bond donors (Lipinski definition) is 1. The minimum atomic E-state index is 0.730. The van der Waals surface area contributed by atoms with Crippen LogP contribution in [0.1, 0.15) is 5.56 Å². The van der Waals surface area contributed by atoms with Crippen molar-refractivity contribution in [3.8, 4) is 11.5 Å². The number of hydrogen-bond acceptors (Lipinski definition) is 4. The zero-order chi connectivity index (χ0) is 13.8. The molecule has 0 aliphatic heterocycles. The quantitative estimate of drug-likeness (QED) is 0.787. The van der Waals surface area contributed by atoms with E-state index in [0.29, 0.717) is 0 Å². The number of rotatable bonds is 4. The van der Waals surface area contributed by atoms with E-state index >= 15 is 0 Å². The van der Waals surface area contributed by atoms with Crippen LogP contribution >= 0.6 is 0 Å². The van der Waals surface area contributed by atoms with Crippen molar-refractivity contribution in [3.05, 3.63) is 60.6 Å². The number of ether oxygens (including phenoxy) is 1. The number of nitrogens with zero attached hydrogens (tertiary/aromatic N) is 2. The Kier molecular flexibility index (Phi) is 3.56. The van der Waals surface area contributed by atoms with Crippen LogP contribution in [0.15, 0.2) is 55.0 Å². The predicted octanol–water partition coefficient (Wildman–Crippen LogP) is 3.14. The number of nitrogens with one attached hydrogen (secondary N) is 1. The van der Waals surface area contributed by atoms with Gasteiger partial charge in [0.25, 0.3) is 0 Å². The van der Waals surface area contributed by atoms with Gasteiger partial charge >= 0.3 is 0 Å². The number of pyridine rings is 2. The maximum absolute atomic E-state index is 5.84. The first kappa shape index (κ1) is 12.6. The zero-order valence-electron chi connectivity index (χ0n) is 11.2.